The van der Waals surface area contributed by atoms with E-state index in [1.807, 2.05) is 48.5 Å². The van der Waals surface area contributed by atoms with E-state index in [-0.39, 0.29) is 18.4 Å². The molecule has 0 saturated carbocycles. The van der Waals surface area contributed by atoms with Gasteiger partial charge in [-0.05, 0) is 90.1 Å². The molecule has 0 bridgehead atoms. The zero-order valence-electron chi connectivity index (χ0n) is 20.3. The highest BCUT2D eigenvalue weighted by Gasteiger charge is 2.30. The molecule has 2 aromatic carbocycles. The monoisotopic (exact) mass is 557 g/mol. The molecule has 2 aliphatic rings. The number of carbonyl (C=O) groups is 2. The second-order valence-corrected chi connectivity index (χ2v) is 11.1. The lowest BCUT2D eigenvalue weighted by Crippen LogP contribution is -2.43. The van der Waals surface area contributed by atoms with Crippen LogP contribution < -0.4 is 15.0 Å². The first-order valence-corrected chi connectivity index (χ1v) is 13.7. The van der Waals surface area contributed by atoms with Crippen molar-refractivity contribution in [2.24, 2.45) is 5.92 Å². The number of para-hydroxylation sites is 1. The number of amides is 2. The summed E-state index contributed by atoms with van der Waals surface area (Å²) >= 11 is 4.93. The van der Waals surface area contributed by atoms with E-state index in [9.17, 15) is 9.59 Å². The van der Waals surface area contributed by atoms with Gasteiger partial charge in [0.2, 0.25) is 5.91 Å². The van der Waals surface area contributed by atoms with Crippen LogP contribution in [0.25, 0.3) is 6.08 Å². The fourth-order valence-corrected chi connectivity index (χ4v) is 6.18. The van der Waals surface area contributed by atoms with Crippen molar-refractivity contribution in [1.29, 1.82) is 0 Å². The Balaban J connectivity index is 1.41. The van der Waals surface area contributed by atoms with E-state index in [1.54, 1.807) is 12.0 Å². The molecular formula is C27H32BrN3O3S. The van der Waals surface area contributed by atoms with Crippen LogP contribution in [0.4, 0.5) is 5.69 Å². The summed E-state index contributed by atoms with van der Waals surface area (Å²) in [5.41, 5.74) is 1.65. The second kappa shape index (κ2) is 12.1. The van der Waals surface area contributed by atoms with Gasteiger partial charge < -0.3 is 15.0 Å². The number of methoxy groups -OCH3 is 1. The maximum atomic E-state index is 13.4. The first-order valence-electron chi connectivity index (χ1n) is 12.1. The van der Waals surface area contributed by atoms with E-state index in [0.717, 1.165) is 58.3 Å². The minimum absolute atomic E-state index is 0.000796. The number of halogens is 1. The second-order valence-electron chi connectivity index (χ2n) is 9.12. The predicted molar refractivity (Wildman–Crippen MR) is 146 cm³/mol. The minimum Gasteiger partial charge on any atom is -0.496 e. The van der Waals surface area contributed by atoms with Gasteiger partial charge in [-0.25, -0.2) is 0 Å². The maximum absolute atomic E-state index is 13.4. The van der Waals surface area contributed by atoms with Crippen molar-refractivity contribution in [3.05, 3.63) is 57.4 Å². The van der Waals surface area contributed by atoms with E-state index in [1.165, 1.54) is 24.6 Å². The molecule has 35 heavy (non-hydrogen) atoms. The van der Waals surface area contributed by atoms with Crippen LogP contribution in [0.2, 0.25) is 0 Å². The Labute approximate surface area is 220 Å². The molecule has 4 rings (SSSR count). The van der Waals surface area contributed by atoms with Crippen LogP contribution in [0.1, 0.15) is 31.7 Å². The number of ether oxygens (including phenoxy) is 1. The molecule has 1 fully saturated rings. The Morgan fingerprint density at radius 1 is 1.29 bits per heavy atom. The van der Waals surface area contributed by atoms with Crippen molar-refractivity contribution in [3.8, 4) is 5.75 Å². The standard InChI is InChI=1S/C27H32BrN3O3S/c1-19-7-5-13-30(17-19)14-6-12-29-26(32)18-31-22-8-3-4-9-24(22)35-25(27(31)33)16-20-10-11-23(34-2)21(28)15-20/h3-4,8-11,15-16,19H,5-7,12-14,17-18H2,1-2H3,(H,29,32)/b25-16+/t19-/m0/s1. The molecule has 2 aliphatic heterocycles. The van der Waals surface area contributed by atoms with Crippen molar-refractivity contribution in [2.75, 3.05) is 44.7 Å². The highest BCUT2D eigenvalue weighted by molar-refractivity contribution is 9.10. The number of anilines is 1. The molecule has 1 atom stereocenters. The third kappa shape index (κ3) is 6.68. The topological polar surface area (TPSA) is 61.9 Å². The van der Waals surface area contributed by atoms with Crippen LogP contribution in [-0.2, 0) is 9.59 Å². The molecule has 0 radical (unpaired) electrons. The zero-order chi connectivity index (χ0) is 24.8. The summed E-state index contributed by atoms with van der Waals surface area (Å²) in [5.74, 6) is 1.17. The van der Waals surface area contributed by atoms with Gasteiger partial charge in [-0.3, -0.25) is 14.5 Å². The molecule has 1 saturated heterocycles. The Morgan fingerprint density at radius 2 is 2.11 bits per heavy atom. The van der Waals surface area contributed by atoms with E-state index < -0.39 is 0 Å². The largest absolute Gasteiger partial charge is 0.496 e. The fraction of sp³-hybridized carbons (Fsp3) is 0.407. The number of nitrogens with zero attached hydrogens (tertiary/aromatic N) is 2. The van der Waals surface area contributed by atoms with E-state index in [2.05, 4.69) is 33.1 Å². The van der Waals surface area contributed by atoms with Gasteiger partial charge in [-0.2, -0.15) is 0 Å². The number of fused-ring (bicyclic) bond motifs is 1. The summed E-state index contributed by atoms with van der Waals surface area (Å²) in [6, 6.07) is 13.4. The smallest absolute Gasteiger partial charge is 0.265 e. The van der Waals surface area contributed by atoms with Crippen LogP contribution in [0.3, 0.4) is 0 Å². The molecule has 0 aromatic heterocycles. The lowest BCUT2D eigenvalue weighted by molar-refractivity contribution is -0.122. The van der Waals surface area contributed by atoms with Gasteiger partial charge in [-0.1, -0.05) is 36.9 Å². The summed E-state index contributed by atoms with van der Waals surface area (Å²) in [7, 11) is 1.62. The highest BCUT2D eigenvalue weighted by atomic mass is 79.9. The van der Waals surface area contributed by atoms with Gasteiger partial charge in [0.25, 0.3) is 5.91 Å². The lowest BCUT2D eigenvalue weighted by Gasteiger charge is -2.31. The summed E-state index contributed by atoms with van der Waals surface area (Å²) < 4.78 is 6.12. The Bertz CT molecular complexity index is 1110. The van der Waals surface area contributed by atoms with E-state index in [4.69, 9.17) is 4.74 Å². The molecular weight excluding hydrogens is 526 g/mol. The third-order valence-electron chi connectivity index (χ3n) is 6.32. The van der Waals surface area contributed by atoms with Crippen molar-refractivity contribution in [2.45, 2.75) is 31.1 Å². The van der Waals surface area contributed by atoms with Crippen LogP contribution in [0.5, 0.6) is 5.75 Å². The number of hydrogen-bond donors (Lipinski definition) is 1. The maximum Gasteiger partial charge on any atom is 0.265 e. The average Bonchev–Trinajstić information content (AvgIpc) is 2.84. The summed E-state index contributed by atoms with van der Waals surface area (Å²) in [4.78, 5) is 31.8. The van der Waals surface area contributed by atoms with Gasteiger partial charge in [0.15, 0.2) is 0 Å². The van der Waals surface area contributed by atoms with Gasteiger partial charge in [0, 0.05) is 18.0 Å². The lowest BCUT2D eigenvalue weighted by atomic mass is 10.0. The van der Waals surface area contributed by atoms with Crippen LogP contribution in [-0.4, -0.2) is 56.5 Å². The number of hydrogen-bond acceptors (Lipinski definition) is 5. The SMILES string of the molecule is COc1ccc(/C=C2/Sc3ccccc3N(CC(=O)NCCCN3CCC[C@H](C)C3)C2=O)cc1Br. The predicted octanol–water partition coefficient (Wildman–Crippen LogP) is 5.18. The molecule has 0 spiro atoms. The number of piperidine rings is 1. The summed E-state index contributed by atoms with van der Waals surface area (Å²) in [6.07, 6.45) is 5.34. The van der Waals surface area contributed by atoms with Crippen LogP contribution >= 0.6 is 27.7 Å². The van der Waals surface area contributed by atoms with Crippen LogP contribution in [0.15, 0.2) is 56.7 Å². The normalized spacial score (nSPS) is 19.5. The molecule has 1 N–H and O–H groups in total. The molecule has 186 valence electrons. The number of benzene rings is 2. The molecule has 2 heterocycles. The van der Waals surface area contributed by atoms with Crippen LogP contribution in [0, 0.1) is 5.92 Å². The molecule has 0 aliphatic carbocycles. The average molecular weight is 559 g/mol. The molecule has 2 aromatic rings. The van der Waals surface area contributed by atoms with Crippen molar-refractivity contribution in [1.82, 2.24) is 10.2 Å². The Hall–Kier alpha value is -2.29. The molecule has 6 nitrogen and oxygen atoms in total. The van der Waals surface area contributed by atoms with Gasteiger partial charge in [0.05, 0.1) is 22.2 Å². The molecule has 8 heteroatoms. The van der Waals surface area contributed by atoms with E-state index in [0.29, 0.717) is 11.4 Å². The quantitative estimate of drug-likeness (QED) is 0.358. The third-order valence-corrected chi connectivity index (χ3v) is 8.02. The van der Waals surface area contributed by atoms with Gasteiger partial charge in [0.1, 0.15) is 12.3 Å². The van der Waals surface area contributed by atoms with Crippen molar-refractivity contribution < 1.29 is 14.3 Å². The molecule has 2 amide bonds. The zero-order valence-corrected chi connectivity index (χ0v) is 22.7. The van der Waals surface area contributed by atoms with E-state index >= 15 is 0 Å². The first kappa shape index (κ1) is 25.8. The van der Waals surface area contributed by atoms with Crippen molar-refractivity contribution >= 4 is 51.3 Å². The number of likely N-dealkylation sites (tertiary alicyclic amines) is 1. The first-order chi connectivity index (χ1) is 16.9. The Kier molecular flexibility index (Phi) is 8.92. The number of nitrogens with one attached hydrogen (secondary N) is 1. The fourth-order valence-electron chi connectivity index (χ4n) is 4.56. The number of carbonyl (C=O) groups excluding carboxylic acids is 2. The summed E-state index contributed by atoms with van der Waals surface area (Å²) in [6.45, 7) is 6.21. The highest BCUT2D eigenvalue weighted by Crippen LogP contribution is 2.42. The Morgan fingerprint density at radius 3 is 2.89 bits per heavy atom. The molecule has 0 unspecified atom stereocenters. The summed E-state index contributed by atoms with van der Waals surface area (Å²) in [5, 5.41) is 3.01. The van der Waals surface area contributed by atoms with Crippen molar-refractivity contribution in [3.63, 3.8) is 0 Å². The number of thioether (sulfide) groups is 1. The van der Waals surface area contributed by atoms with Gasteiger partial charge >= 0.3 is 0 Å². The minimum atomic E-state index is -0.168. The number of rotatable bonds is 8. The van der Waals surface area contributed by atoms with Gasteiger partial charge in [-0.15, -0.1) is 0 Å².